The SMILES string of the molecule is CC(C)(C)OC(=O)N1CCC(C)(C)c2ccc(Br)cc2C1. The lowest BCUT2D eigenvalue weighted by atomic mass is 9.80. The summed E-state index contributed by atoms with van der Waals surface area (Å²) in [7, 11) is 0. The van der Waals surface area contributed by atoms with Crippen LogP contribution in [0, 0.1) is 0 Å². The minimum absolute atomic E-state index is 0.0623. The highest BCUT2D eigenvalue weighted by Gasteiger charge is 2.31. The van der Waals surface area contributed by atoms with Gasteiger partial charge >= 0.3 is 6.09 Å². The highest BCUT2D eigenvalue weighted by Crippen LogP contribution is 2.35. The molecule has 1 aliphatic rings. The first-order valence-electron chi connectivity index (χ1n) is 7.35. The van der Waals surface area contributed by atoms with Crippen molar-refractivity contribution in [2.75, 3.05) is 6.54 Å². The molecule has 0 aliphatic carbocycles. The van der Waals surface area contributed by atoms with Gasteiger partial charge in [-0.2, -0.15) is 0 Å². The van der Waals surface area contributed by atoms with Crippen LogP contribution in [0.1, 0.15) is 52.2 Å². The summed E-state index contributed by atoms with van der Waals surface area (Å²) < 4.78 is 6.57. The molecule has 3 nitrogen and oxygen atoms in total. The summed E-state index contributed by atoms with van der Waals surface area (Å²) in [5.74, 6) is 0. The molecule has 0 atom stereocenters. The standard InChI is InChI=1S/C17H24BrNO2/c1-16(2,3)21-15(20)19-9-8-17(4,5)14-7-6-13(18)10-12(14)11-19/h6-7,10H,8-9,11H2,1-5H3. The minimum Gasteiger partial charge on any atom is -0.444 e. The van der Waals surface area contributed by atoms with Gasteiger partial charge in [0.25, 0.3) is 0 Å². The third kappa shape index (κ3) is 4.00. The number of rotatable bonds is 0. The molecule has 1 aliphatic heterocycles. The van der Waals surface area contributed by atoms with E-state index < -0.39 is 5.60 Å². The molecular weight excluding hydrogens is 330 g/mol. The summed E-state index contributed by atoms with van der Waals surface area (Å²) >= 11 is 3.52. The number of hydrogen-bond donors (Lipinski definition) is 0. The maximum absolute atomic E-state index is 12.4. The third-order valence-corrected chi connectivity index (χ3v) is 4.31. The molecule has 116 valence electrons. The smallest absolute Gasteiger partial charge is 0.410 e. The normalized spacial score (nSPS) is 17.9. The van der Waals surface area contributed by atoms with Crippen molar-refractivity contribution in [3.05, 3.63) is 33.8 Å². The molecule has 0 radical (unpaired) electrons. The number of carbonyl (C=O) groups excluding carboxylic acids is 1. The van der Waals surface area contributed by atoms with Crippen molar-refractivity contribution in [3.8, 4) is 0 Å². The van der Waals surface area contributed by atoms with E-state index in [0.29, 0.717) is 13.1 Å². The fourth-order valence-electron chi connectivity index (χ4n) is 2.67. The van der Waals surface area contributed by atoms with Gasteiger partial charge in [-0.1, -0.05) is 35.8 Å². The molecule has 1 aromatic carbocycles. The molecule has 21 heavy (non-hydrogen) atoms. The Balaban J connectivity index is 2.29. The molecule has 0 aromatic heterocycles. The molecule has 1 amide bonds. The Morgan fingerprint density at radius 1 is 1.33 bits per heavy atom. The van der Waals surface area contributed by atoms with Crippen LogP contribution in [0.15, 0.2) is 22.7 Å². The molecule has 1 heterocycles. The Kier molecular flexibility index (Phi) is 4.39. The first kappa shape index (κ1) is 16.3. The number of carbonyl (C=O) groups is 1. The zero-order valence-corrected chi connectivity index (χ0v) is 15.1. The van der Waals surface area contributed by atoms with Gasteiger partial charge < -0.3 is 9.64 Å². The molecule has 1 aromatic rings. The maximum atomic E-state index is 12.4. The number of amides is 1. The van der Waals surface area contributed by atoms with E-state index in [9.17, 15) is 4.79 Å². The van der Waals surface area contributed by atoms with Crippen molar-refractivity contribution in [1.29, 1.82) is 0 Å². The van der Waals surface area contributed by atoms with Gasteiger partial charge in [-0.25, -0.2) is 4.79 Å². The number of halogens is 1. The van der Waals surface area contributed by atoms with Gasteiger partial charge in [-0.05, 0) is 55.9 Å². The van der Waals surface area contributed by atoms with Gasteiger partial charge in [0.2, 0.25) is 0 Å². The quantitative estimate of drug-likeness (QED) is 0.665. The van der Waals surface area contributed by atoms with Crippen molar-refractivity contribution in [2.24, 2.45) is 0 Å². The Hall–Kier alpha value is -1.03. The zero-order valence-electron chi connectivity index (χ0n) is 13.5. The summed E-state index contributed by atoms with van der Waals surface area (Å²) in [6, 6.07) is 6.35. The average molecular weight is 354 g/mol. The predicted molar refractivity (Wildman–Crippen MR) is 88.4 cm³/mol. The highest BCUT2D eigenvalue weighted by molar-refractivity contribution is 9.10. The lowest BCUT2D eigenvalue weighted by Crippen LogP contribution is -2.37. The van der Waals surface area contributed by atoms with E-state index in [1.807, 2.05) is 25.7 Å². The first-order chi connectivity index (χ1) is 9.58. The van der Waals surface area contributed by atoms with Crippen LogP contribution in [0.5, 0.6) is 0 Å². The zero-order chi connectivity index (χ0) is 15.8. The minimum atomic E-state index is -0.459. The molecule has 0 spiro atoms. The molecule has 0 saturated heterocycles. The lowest BCUT2D eigenvalue weighted by molar-refractivity contribution is 0.0231. The van der Waals surface area contributed by atoms with Gasteiger partial charge in [0.15, 0.2) is 0 Å². The fraction of sp³-hybridized carbons (Fsp3) is 0.588. The second-order valence-electron chi connectivity index (χ2n) is 7.34. The van der Waals surface area contributed by atoms with Gasteiger partial charge in [0, 0.05) is 17.6 Å². The predicted octanol–water partition coefficient (Wildman–Crippen LogP) is 4.87. The Bertz CT molecular complexity index is 546. The topological polar surface area (TPSA) is 29.5 Å². The monoisotopic (exact) mass is 353 g/mol. The summed E-state index contributed by atoms with van der Waals surface area (Å²) in [6.07, 6.45) is 0.701. The second kappa shape index (κ2) is 5.64. The molecule has 0 saturated carbocycles. The van der Waals surface area contributed by atoms with E-state index in [4.69, 9.17) is 4.74 Å². The Labute approximate surface area is 135 Å². The van der Waals surface area contributed by atoms with Gasteiger partial charge in [-0.3, -0.25) is 0 Å². The molecule has 0 unspecified atom stereocenters. The molecule has 0 bridgehead atoms. The largest absolute Gasteiger partial charge is 0.444 e. The van der Waals surface area contributed by atoms with E-state index >= 15 is 0 Å². The third-order valence-electron chi connectivity index (χ3n) is 3.82. The lowest BCUT2D eigenvalue weighted by Gasteiger charge is -2.27. The number of hydrogen-bond acceptors (Lipinski definition) is 2. The van der Waals surface area contributed by atoms with Crippen LogP contribution in [-0.4, -0.2) is 23.1 Å². The summed E-state index contributed by atoms with van der Waals surface area (Å²) in [5, 5.41) is 0. The van der Waals surface area contributed by atoms with Crippen molar-refractivity contribution in [3.63, 3.8) is 0 Å². The van der Waals surface area contributed by atoms with Gasteiger partial charge in [0.05, 0.1) is 0 Å². The molecule has 0 N–H and O–H groups in total. The van der Waals surface area contributed by atoms with Crippen LogP contribution < -0.4 is 0 Å². The van der Waals surface area contributed by atoms with Crippen molar-refractivity contribution in [1.82, 2.24) is 4.90 Å². The summed E-state index contributed by atoms with van der Waals surface area (Å²) in [5.41, 5.74) is 2.11. The number of benzene rings is 1. The Morgan fingerprint density at radius 2 is 2.00 bits per heavy atom. The van der Waals surface area contributed by atoms with Crippen molar-refractivity contribution < 1.29 is 9.53 Å². The highest BCUT2D eigenvalue weighted by atomic mass is 79.9. The maximum Gasteiger partial charge on any atom is 0.410 e. The second-order valence-corrected chi connectivity index (χ2v) is 8.25. The van der Waals surface area contributed by atoms with E-state index in [2.05, 4.69) is 48.0 Å². The van der Waals surface area contributed by atoms with Crippen LogP contribution in [-0.2, 0) is 16.7 Å². The van der Waals surface area contributed by atoms with Gasteiger partial charge in [0.1, 0.15) is 5.60 Å². The van der Waals surface area contributed by atoms with E-state index in [1.54, 1.807) is 0 Å². The van der Waals surface area contributed by atoms with Crippen molar-refractivity contribution in [2.45, 2.75) is 58.6 Å². The fourth-order valence-corrected chi connectivity index (χ4v) is 3.08. The number of fused-ring (bicyclic) bond motifs is 1. The average Bonchev–Trinajstić information content (AvgIpc) is 2.43. The van der Waals surface area contributed by atoms with Gasteiger partial charge in [-0.15, -0.1) is 0 Å². The van der Waals surface area contributed by atoms with Crippen LogP contribution >= 0.6 is 15.9 Å². The van der Waals surface area contributed by atoms with Crippen LogP contribution in [0.25, 0.3) is 0 Å². The van der Waals surface area contributed by atoms with Crippen LogP contribution in [0.4, 0.5) is 4.79 Å². The van der Waals surface area contributed by atoms with E-state index in [0.717, 1.165) is 10.9 Å². The van der Waals surface area contributed by atoms with Crippen molar-refractivity contribution >= 4 is 22.0 Å². The molecule has 0 fully saturated rings. The summed E-state index contributed by atoms with van der Waals surface area (Å²) in [4.78, 5) is 14.2. The Morgan fingerprint density at radius 3 is 2.62 bits per heavy atom. The first-order valence-corrected chi connectivity index (χ1v) is 8.15. The molecular formula is C17H24BrNO2. The summed E-state index contributed by atoms with van der Waals surface area (Å²) in [6.45, 7) is 11.5. The number of ether oxygens (including phenoxy) is 1. The van der Waals surface area contributed by atoms with E-state index in [-0.39, 0.29) is 11.5 Å². The molecule has 2 rings (SSSR count). The molecule has 4 heteroatoms. The van der Waals surface area contributed by atoms with Crippen LogP contribution in [0.3, 0.4) is 0 Å². The van der Waals surface area contributed by atoms with E-state index in [1.165, 1.54) is 11.1 Å². The number of nitrogens with zero attached hydrogens (tertiary/aromatic N) is 1. The van der Waals surface area contributed by atoms with Crippen LogP contribution in [0.2, 0.25) is 0 Å².